The van der Waals surface area contributed by atoms with Gasteiger partial charge in [-0.15, -0.1) is 0 Å². The zero-order chi connectivity index (χ0) is 24.4. The summed E-state index contributed by atoms with van der Waals surface area (Å²) in [5.74, 6) is -0.673. The average Bonchev–Trinajstić information content (AvgIpc) is 2.91. The minimum absolute atomic E-state index is 0.0148. The number of carbonyl (C=O) groups is 1. The Balaban J connectivity index is 2.04. The summed E-state index contributed by atoms with van der Waals surface area (Å²) in [7, 11) is 0. The Hall–Kier alpha value is -1.25. The van der Waals surface area contributed by atoms with Crippen molar-refractivity contribution in [1.82, 2.24) is 0 Å². The number of rotatable bonds is 8. The van der Waals surface area contributed by atoms with Crippen LogP contribution in [0.3, 0.4) is 0 Å². The van der Waals surface area contributed by atoms with Crippen molar-refractivity contribution in [3.8, 4) is 0 Å². The third-order valence-corrected chi connectivity index (χ3v) is 7.11. The Bertz CT molecular complexity index is 711. The highest BCUT2D eigenvalue weighted by Gasteiger charge is 2.48. The summed E-state index contributed by atoms with van der Waals surface area (Å²) in [5, 5.41) is 40.4. The molecule has 0 spiro atoms. The molecule has 2 aliphatic rings. The minimum atomic E-state index is -1.50. The Morgan fingerprint density at radius 2 is 1.88 bits per heavy atom. The molecule has 0 amide bonds. The molecule has 0 saturated carbocycles. The molecule has 2 fully saturated rings. The largest absolute Gasteiger partial charge is 0.481 e. The Kier molecular flexibility index (Phi) is 8.73. The lowest BCUT2D eigenvalue weighted by Gasteiger charge is -2.44. The third kappa shape index (κ3) is 6.20. The van der Waals surface area contributed by atoms with Gasteiger partial charge in [-0.05, 0) is 44.1 Å². The summed E-state index contributed by atoms with van der Waals surface area (Å²) in [6.45, 7) is 13.7. The molecule has 2 saturated heterocycles. The molecule has 2 aliphatic heterocycles. The number of carboxylic acid groups (broad SMARTS) is 1. The van der Waals surface area contributed by atoms with Crippen LogP contribution >= 0.6 is 0 Å². The molecule has 0 radical (unpaired) electrons. The Morgan fingerprint density at radius 3 is 2.41 bits per heavy atom. The highest BCUT2D eigenvalue weighted by molar-refractivity contribution is 5.67. The molecule has 184 valence electrons. The van der Waals surface area contributed by atoms with Crippen LogP contribution in [0, 0.1) is 17.3 Å². The standard InChI is InChI=1S/C25H42O7/c1-14(13-24(5,6)23-16(3)21(29)17(4)31-23)9-8-10-15(2)22-25(7,30)19(26)11-18(32-22)12-20(27)28/h8-10,14,16-19,21-23,26,29-30H,11-13H2,1-7H3,(H,27,28)/b9-8+,15-10+/t14-,16-,17-,18-,19-,21-,22-,23?,25-/m1/s1. The van der Waals surface area contributed by atoms with Gasteiger partial charge in [0, 0.05) is 12.3 Å². The van der Waals surface area contributed by atoms with E-state index in [0.29, 0.717) is 0 Å². The van der Waals surface area contributed by atoms with Crippen LogP contribution in [0.2, 0.25) is 0 Å². The van der Waals surface area contributed by atoms with E-state index in [2.05, 4.69) is 26.8 Å². The molecular weight excluding hydrogens is 412 g/mol. The molecule has 4 N–H and O–H groups in total. The first kappa shape index (κ1) is 27.0. The van der Waals surface area contributed by atoms with E-state index in [1.807, 2.05) is 32.9 Å². The molecule has 7 nitrogen and oxygen atoms in total. The molecule has 0 aromatic carbocycles. The van der Waals surface area contributed by atoms with Gasteiger partial charge in [0.15, 0.2) is 0 Å². The van der Waals surface area contributed by atoms with Crippen molar-refractivity contribution >= 4 is 5.97 Å². The van der Waals surface area contributed by atoms with E-state index in [9.17, 15) is 20.1 Å². The molecule has 0 bridgehead atoms. The second-order valence-electron chi connectivity index (χ2n) is 10.8. The van der Waals surface area contributed by atoms with E-state index in [4.69, 9.17) is 14.6 Å². The maximum Gasteiger partial charge on any atom is 0.305 e. The highest BCUT2D eigenvalue weighted by atomic mass is 16.5. The number of aliphatic carboxylic acids is 1. The van der Waals surface area contributed by atoms with E-state index in [1.54, 1.807) is 0 Å². The highest BCUT2D eigenvalue weighted by Crippen LogP contribution is 2.42. The molecule has 32 heavy (non-hydrogen) atoms. The molecule has 0 aliphatic carbocycles. The van der Waals surface area contributed by atoms with E-state index >= 15 is 0 Å². The quantitative estimate of drug-likeness (QED) is 0.417. The topological polar surface area (TPSA) is 116 Å². The smallest absolute Gasteiger partial charge is 0.305 e. The molecule has 1 unspecified atom stereocenters. The predicted octanol–water partition coefficient (Wildman–Crippen LogP) is 3.07. The Morgan fingerprint density at radius 1 is 1.25 bits per heavy atom. The predicted molar refractivity (Wildman–Crippen MR) is 122 cm³/mol. The van der Waals surface area contributed by atoms with Crippen molar-refractivity contribution in [2.75, 3.05) is 0 Å². The number of allylic oxidation sites excluding steroid dienone is 3. The van der Waals surface area contributed by atoms with E-state index in [0.717, 1.165) is 12.0 Å². The lowest BCUT2D eigenvalue weighted by molar-refractivity contribution is -0.209. The van der Waals surface area contributed by atoms with Crippen LogP contribution in [-0.4, -0.2) is 68.6 Å². The first-order valence-electron chi connectivity index (χ1n) is 11.6. The van der Waals surface area contributed by atoms with Gasteiger partial charge in [-0.1, -0.05) is 45.9 Å². The van der Waals surface area contributed by atoms with Crippen LogP contribution < -0.4 is 0 Å². The number of aliphatic hydroxyl groups excluding tert-OH is 2. The van der Waals surface area contributed by atoms with Gasteiger partial charge in [0.2, 0.25) is 0 Å². The van der Waals surface area contributed by atoms with E-state index in [-0.39, 0.29) is 42.3 Å². The summed E-state index contributed by atoms with van der Waals surface area (Å²) < 4.78 is 11.9. The van der Waals surface area contributed by atoms with Crippen LogP contribution in [0.25, 0.3) is 0 Å². The van der Waals surface area contributed by atoms with Gasteiger partial charge in [0.25, 0.3) is 0 Å². The van der Waals surface area contributed by atoms with Gasteiger partial charge in [0.05, 0.1) is 36.9 Å². The monoisotopic (exact) mass is 454 g/mol. The maximum absolute atomic E-state index is 11.1. The van der Waals surface area contributed by atoms with Gasteiger partial charge in [0.1, 0.15) is 11.7 Å². The lowest BCUT2D eigenvalue weighted by atomic mass is 9.74. The van der Waals surface area contributed by atoms with Crippen molar-refractivity contribution in [3.05, 3.63) is 23.8 Å². The number of aliphatic hydroxyl groups is 3. The maximum atomic E-state index is 11.1. The number of ether oxygens (including phenoxy) is 2. The van der Waals surface area contributed by atoms with Crippen molar-refractivity contribution in [2.45, 2.75) is 110 Å². The van der Waals surface area contributed by atoms with E-state index < -0.39 is 36.0 Å². The number of hydrogen-bond donors (Lipinski definition) is 4. The zero-order valence-electron chi connectivity index (χ0n) is 20.5. The Labute approximate surface area is 192 Å². The van der Waals surface area contributed by atoms with Gasteiger partial charge >= 0.3 is 5.97 Å². The lowest BCUT2D eigenvalue weighted by Crippen LogP contribution is -2.58. The summed E-state index contributed by atoms with van der Waals surface area (Å²) in [6, 6.07) is 0. The van der Waals surface area contributed by atoms with Crippen molar-refractivity contribution in [2.24, 2.45) is 17.3 Å². The summed E-state index contributed by atoms with van der Waals surface area (Å²) in [5.41, 5.74) is -0.890. The van der Waals surface area contributed by atoms with Gasteiger partial charge < -0.3 is 29.9 Å². The number of carboxylic acids is 1. The van der Waals surface area contributed by atoms with Gasteiger partial charge in [-0.3, -0.25) is 4.79 Å². The van der Waals surface area contributed by atoms with Gasteiger partial charge in [-0.2, -0.15) is 0 Å². The number of hydrogen-bond acceptors (Lipinski definition) is 6. The van der Waals surface area contributed by atoms with E-state index in [1.165, 1.54) is 6.92 Å². The van der Waals surface area contributed by atoms with Crippen molar-refractivity contribution in [3.63, 3.8) is 0 Å². The molecule has 2 heterocycles. The van der Waals surface area contributed by atoms with Gasteiger partial charge in [-0.25, -0.2) is 0 Å². The summed E-state index contributed by atoms with van der Waals surface area (Å²) in [4.78, 5) is 11.1. The fourth-order valence-corrected chi connectivity index (χ4v) is 5.38. The van der Waals surface area contributed by atoms with Crippen molar-refractivity contribution < 1.29 is 34.7 Å². The van der Waals surface area contributed by atoms with Crippen LogP contribution in [0.5, 0.6) is 0 Å². The molecule has 9 atom stereocenters. The molecule has 0 aromatic heterocycles. The molecule has 0 aromatic rings. The molecule has 2 rings (SSSR count). The second-order valence-corrected chi connectivity index (χ2v) is 10.8. The fourth-order valence-electron chi connectivity index (χ4n) is 5.38. The van der Waals surface area contributed by atoms with Crippen LogP contribution in [0.15, 0.2) is 23.8 Å². The first-order chi connectivity index (χ1) is 14.7. The SMILES string of the molecule is C/C(=C\C=C\[C@@H](C)CC(C)(C)C1O[C@H](C)[C@H](O)[C@H]1C)[C@H]1O[C@@H](CC(=O)O)C[C@@H](O)[C@@]1(C)O. The normalized spacial score (nSPS) is 40.1. The van der Waals surface area contributed by atoms with Crippen LogP contribution in [-0.2, 0) is 14.3 Å². The molecular formula is C25H42O7. The molecule has 7 heteroatoms. The summed E-state index contributed by atoms with van der Waals surface area (Å²) >= 11 is 0. The zero-order valence-corrected chi connectivity index (χ0v) is 20.5. The van der Waals surface area contributed by atoms with Crippen LogP contribution in [0.1, 0.15) is 67.7 Å². The summed E-state index contributed by atoms with van der Waals surface area (Å²) in [6.07, 6.45) is 3.46. The minimum Gasteiger partial charge on any atom is -0.481 e. The van der Waals surface area contributed by atoms with Crippen molar-refractivity contribution in [1.29, 1.82) is 0 Å². The fraction of sp³-hybridized carbons (Fsp3) is 0.800. The first-order valence-corrected chi connectivity index (χ1v) is 11.6. The average molecular weight is 455 g/mol. The third-order valence-electron chi connectivity index (χ3n) is 7.11. The second kappa shape index (κ2) is 10.3. The van der Waals surface area contributed by atoms with Crippen LogP contribution in [0.4, 0.5) is 0 Å².